The molecule has 0 saturated carbocycles. The van der Waals surface area contributed by atoms with E-state index < -0.39 is 0 Å². The van der Waals surface area contributed by atoms with Crippen molar-refractivity contribution in [3.63, 3.8) is 0 Å². The molecule has 0 radical (unpaired) electrons. The highest BCUT2D eigenvalue weighted by atomic mass is 127. The zero-order valence-electron chi connectivity index (χ0n) is 5.74. The third-order valence-electron chi connectivity index (χ3n) is 1.28. The molecule has 11 heavy (non-hydrogen) atoms. The quantitative estimate of drug-likeness (QED) is 0.582. The van der Waals surface area contributed by atoms with Gasteiger partial charge < -0.3 is 10.7 Å². The van der Waals surface area contributed by atoms with Gasteiger partial charge in [-0.3, -0.25) is 4.79 Å². The first-order valence-corrected chi connectivity index (χ1v) is 5.03. The van der Waals surface area contributed by atoms with E-state index >= 15 is 0 Å². The van der Waals surface area contributed by atoms with Crippen LogP contribution in [0.2, 0.25) is 0 Å². The smallest absolute Gasteiger partial charge is 0.164 e. The van der Waals surface area contributed by atoms with Crippen LogP contribution in [0.1, 0.15) is 17.3 Å². The van der Waals surface area contributed by atoms with Gasteiger partial charge in [-0.2, -0.15) is 0 Å². The Labute approximate surface area is 91.4 Å². The van der Waals surface area contributed by atoms with Crippen LogP contribution in [0.5, 0.6) is 0 Å². The summed E-state index contributed by atoms with van der Waals surface area (Å²) in [4.78, 5) is 13.9. The predicted octanol–water partition coefficient (Wildman–Crippen LogP) is 2.01. The second kappa shape index (κ2) is 3.30. The molecule has 5 heteroatoms. The normalized spacial score (nSPS) is 10.1. The molecular formula is C6H6I2N2O. The Morgan fingerprint density at radius 2 is 2.09 bits per heavy atom. The molecule has 3 N–H and O–H groups in total. The van der Waals surface area contributed by atoms with Crippen molar-refractivity contribution in [1.82, 2.24) is 4.98 Å². The van der Waals surface area contributed by atoms with Crippen molar-refractivity contribution in [2.24, 2.45) is 0 Å². The van der Waals surface area contributed by atoms with Gasteiger partial charge in [0.2, 0.25) is 0 Å². The molecule has 1 heterocycles. The first-order chi connectivity index (χ1) is 5.04. The van der Waals surface area contributed by atoms with Crippen molar-refractivity contribution in [3.8, 4) is 0 Å². The van der Waals surface area contributed by atoms with E-state index in [4.69, 9.17) is 5.73 Å². The van der Waals surface area contributed by atoms with E-state index in [1.54, 1.807) is 0 Å². The second-order valence-corrected chi connectivity index (χ2v) is 4.26. The third-order valence-corrected chi connectivity index (χ3v) is 4.20. The molecule has 0 aliphatic heterocycles. The van der Waals surface area contributed by atoms with Crippen LogP contribution in [-0.2, 0) is 0 Å². The van der Waals surface area contributed by atoms with Gasteiger partial charge in [-0.15, -0.1) is 0 Å². The summed E-state index contributed by atoms with van der Waals surface area (Å²) >= 11 is 4.21. The van der Waals surface area contributed by atoms with Crippen molar-refractivity contribution < 1.29 is 4.79 Å². The van der Waals surface area contributed by atoms with Crippen LogP contribution < -0.4 is 5.73 Å². The Kier molecular flexibility index (Phi) is 2.79. The number of nitrogens with one attached hydrogen (secondary N) is 1. The van der Waals surface area contributed by atoms with Gasteiger partial charge in [0.15, 0.2) is 5.78 Å². The molecule has 3 nitrogen and oxygen atoms in total. The minimum Gasteiger partial charge on any atom is -0.385 e. The van der Waals surface area contributed by atoms with Crippen LogP contribution in [0.3, 0.4) is 0 Å². The summed E-state index contributed by atoms with van der Waals surface area (Å²) in [5.74, 6) is 0.470. The van der Waals surface area contributed by atoms with Gasteiger partial charge in [-0.05, 0) is 52.1 Å². The van der Waals surface area contributed by atoms with E-state index in [1.165, 1.54) is 6.92 Å². The maximum Gasteiger partial charge on any atom is 0.164 e. The lowest BCUT2D eigenvalue weighted by molar-refractivity contribution is 0.101. The minimum atomic E-state index is 0.00562. The van der Waals surface area contributed by atoms with Gasteiger partial charge in [0.1, 0.15) is 5.82 Å². The van der Waals surface area contributed by atoms with Gasteiger partial charge in [-0.1, -0.05) is 0 Å². The number of hydrogen-bond acceptors (Lipinski definition) is 2. The summed E-state index contributed by atoms with van der Waals surface area (Å²) < 4.78 is 1.83. The Morgan fingerprint density at radius 1 is 1.55 bits per heavy atom. The fourth-order valence-electron chi connectivity index (χ4n) is 0.808. The van der Waals surface area contributed by atoms with Crippen molar-refractivity contribution in [2.45, 2.75) is 6.92 Å². The van der Waals surface area contributed by atoms with Crippen molar-refractivity contribution in [1.29, 1.82) is 0 Å². The van der Waals surface area contributed by atoms with Crippen LogP contribution >= 0.6 is 45.2 Å². The molecule has 0 fully saturated rings. The number of aromatic nitrogens is 1. The molecule has 1 aromatic rings. The van der Waals surface area contributed by atoms with E-state index in [2.05, 4.69) is 50.2 Å². The Hall–Kier alpha value is 0.210. The van der Waals surface area contributed by atoms with Crippen LogP contribution in [-0.4, -0.2) is 10.8 Å². The number of carbonyl (C=O) groups is 1. The number of H-pyrrole nitrogens is 1. The number of anilines is 1. The molecule has 0 spiro atoms. The molecule has 0 aromatic carbocycles. The van der Waals surface area contributed by atoms with Gasteiger partial charge in [0.05, 0.1) is 12.8 Å². The third kappa shape index (κ3) is 1.68. The van der Waals surface area contributed by atoms with Crippen molar-refractivity contribution >= 4 is 56.8 Å². The maximum atomic E-state index is 11.0. The monoisotopic (exact) mass is 376 g/mol. The zero-order chi connectivity index (χ0) is 8.59. The number of nitrogen functional groups attached to an aromatic ring is 1. The minimum absolute atomic E-state index is 0.00562. The molecule has 0 atom stereocenters. The number of carbonyl (C=O) groups excluding carboxylic acids is 1. The lowest BCUT2D eigenvalue weighted by atomic mass is 10.2. The summed E-state index contributed by atoms with van der Waals surface area (Å²) in [7, 11) is 0. The SMILES string of the molecule is CC(=O)c1c(N)[nH]c(I)c1I. The van der Waals surface area contributed by atoms with E-state index in [1.807, 2.05) is 0 Å². The van der Waals surface area contributed by atoms with Crippen molar-refractivity contribution in [2.75, 3.05) is 5.73 Å². The largest absolute Gasteiger partial charge is 0.385 e. The average molecular weight is 376 g/mol. The number of nitrogens with two attached hydrogens (primary N) is 1. The molecule has 0 aliphatic carbocycles. The summed E-state index contributed by atoms with van der Waals surface area (Å²) in [6.07, 6.45) is 0. The summed E-state index contributed by atoms with van der Waals surface area (Å²) in [5.41, 5.74) is 6.16. The van der Waals surface area contributed by atoms with Gasteiger partial charge in [-0.25, -0.2) is 0 Å². The summed E-state index contributed by atoms with van der Waals surface area (Å²) in [5, 5.41) is 0. The standard InChI is InChI=1S/C6H6I2N2O/c1-2(11)3-4(7)5(8)10-6(3)9/h10H,9H2,1H3. The van der Waals surface area contributed by atoms with Crippen LogP contribution in [0.15, 0.2) is 0 Å². The lowest BCUT2D eigenvalue weighted by Crippen LogP contribution is -1.97. The summed E-state index contributed by atoms with van der Waals surface area (Å²) in [6, 6.07) is 0. The Morgan fingerprint density at radius 3 is 2.27 bits per heavy atom. The van der Waals surface area contributed by atoms with E-state index in [0.717, 1.165) is 7.27 Å². The lowest BCUT2D eigenvalue weighted by Gasteiger charge is -1.91. The van der Waals surface area contributed by atoms with Gasteiger partial charge in [0, 0.05) is 0 Å². The molecule has 0 aliphatic rings. The Balaban J connectivity index is 3.34. The van der Waals surface area contributed by atoms with Gasteiger partial charge in [0.25, 0.3) is 0 Å². The predicted molar refractivity (Wildman–Crippen MR) is 60.6 cm³/mol. The molecule has 1 aromatic heterocycles. The van der Waals surface area contributed by atoms with Crippen LogP contribution in [0.4, 0.5) is 5.82 Å². The number of aromatic amines is 1. The average Bonchev–Trinajstić information content (AvgIpc) is 2.07. The summed E-state index contributed by atoms with van der Waals surface area (Å²) in [6.45, 7) is 1.51. The molecule has 0 amide bonds. The first kappa shape index (κ1) is 9.30. The molecule has 0 saturated heterocycles. The molecule has 0 unspecified atom stereocenters. The van der Waals surface area contributed by atoms with Crippen LogP contribution in [0, 0.1) is 7.27 Å². The second-order valence-electron chi connectivity index (χ2n) is 2.10. The molecule has 0 bridgehead atoms. The number of hydrogen-bond donors (Lipinski definition) is 2. The Bertz CT molecular complexity index is 306. The number of Topliss-reactive ketones (excluding diaryl/α,β-unsaturated/α-hetero) is 1. The highest BCUT2D eigenvalue weighted by Gasteiger charge is 2.14. The number of ketones is 1. The fraction of sp³-hybridized carbons (Fsp3) is 0.167. The molecular weight excluding hydrogens is 370 g/mol. The van der Waals surface area contributed by atoms with Crippen LogP contribution in [0.25, 0.3) is 0 Å². The first-order valence-electron chi connectivity index (χ1n) is 2.87. The van der Waals surface area contributed by atoms with E-state index in [0.29, 0.717) is 11.4 Å². The maximum absolute atomic E-state index is 11.0. The highest BCUT2D eigenvalue weighted by molar-refractivity contribution is 14.1. The zero-order valence-corrected chi connectivity index (χ0v) is 10.1. The number of halogens is 2. The molecule has 1 rings (SSSR count). The van der Waals surface area contributed by atoms with E-state index in [9.17, 15) is 4.79 Å². The highest BCUT2D eigenvalue weighted by Crippen LogP contribution is 2.24. The number of rotatable bonds is 1. The fourth-order valence-corrected chi connectivity index (χ4v) is 2.17. The van der Waals surface area contributed by atoms with Gasteiger partial charge >= 0.3 is 0 Å². The topological polar surface area (TPSA) is 58.9 Å². The van der Waals surface area contributed by atoms with E-state index in [-0.39, 0.29) is 5.78 Å². The molecule has 60 valence electrons. The van der Waals surface area contributed by atoms with Crippen molar-refractivity contribution in [3.05, 3.63) is 12.8 Å².